The lowest BCUT2D eigenvalue weighted by atomic mass is 10.00. The van der Waals surface area contributed by atoms with Gasteiger partial charge in [0.1, 0.15) is 6.61 Å². The van der Waals surface area contributed by atoms with E-state index in [9.17, 15) is 10.1 Å². The standard InChI is InChI=1S/C14H15N4O3S.ClH/c15-5-4-10-7-16-14(22)17(10)11-6-9-2-1-3-12(18(19)20)13(9)21-8-11;/h1-3,7,11H,4-6,8,15H2;1H/t11-;/m1./s1. The average molecular weight is 356 g/mol. The highest BCUT2D eigenvalue weighted by atomic mass is 35.5. The molecule has 1 radical (unpaired) electrons. The van der Waals surface area contributed by atoms with E-state index in [4.69, 9.17) is 22.7 Å². The van der Waals surface area contributed by atoms with Crippen LogP contribution in [0, 0.1) is 10.1 Å². The van der Waals surface area contributed by atoms with Gasteiger partial charge in [-0.15, -0.1) is 12.4 Å². The highest BCUT2D eigenvalue weighted by molar-refractivity contribution is 7.80. The Morgan fingerprint density at radius 3 is 3.00 bits per heavy atom. The molecule has 23 heavy (non-hydrogen) atoms. The van der Waals surface area contributed by atoms with Crippen molar-refractivity contribution in [2.45, 2.75) is 18.9 Å². The number of para-hydroxylation sites is 1. The molecule has 9 heteroatoms. The Morgan fingerprint density at radius 1 is 1.52 bits per heavy atom. The van der Waals surface area contributed by atoms with Crippen molar-refractivity contribution in [1.82, 2.24) is 10.2 Å². The van der Waals surface area contributed by atoms with Crippen LogP contribution in [0.4, 0.5) is 5.69 Å². The molecule has 2 N–H and O–H groups in total. The van der Waals surface area contributed by atoms with E-state index < -0.39 is 4.92 Å². The summed E-state index contributed by atoms with van der Waals surface area (Å²) in [6.45, 7) is 0.839. The van der Waals surface area contributed by atoms with Gasteiger partial charge < -0.3 is 15.4 Å². The van der Waals surface area contributed by atoms with Crippen molar-refractivity contribution in [3.63, 3.8) is 0 Å². The van der Waals surface area contributed by atoms with Crippen molar-refractivity contribution in [3.05, 3.63) is 45.8 Å². The van der Waals surface area contributed by atoms with E-state index in [0.29, 0.717) is 36.9 Å². The van der Waals surface area contributed by atoms with Crippen LogP contribution in [-0.4, -0.2) is 34.1 Å². The largest absolute Gasteiger partial charge is 0.484 e. The van der Waals surface area contributed by atoms with E-state index in [1.165, 1.54) is 6.07 Å². The molecule has 123 valence electrons. The van der Waals surface area contributed by atoms with Gasteiger partial charge in [0.2, 0.25) is 0 Å². The van der Waals surface area contributed by atoms with Crippen molar-refractivity contribution in [2.24, 2.45) is 5.73 Å². The maximum atomic E-state index is 11.1. The number of hydrogen-bond donors (Lipinski definition) is 1. The van der Waals surface area contributed by atoms with Gasteiger partial charge in [0, 0.05) is 36.4 Å². The molecule has 1 atom stereocenters. The van der Waals surface area contributed by atoms with Gasteiger partial charge in [-0.1, -0.05) is 12.1 Å². The van der Waals surface area contributed by atoms with Crippen LogP contribution in [0.3, 0.4) is 0 Å². The van der Waals surface area contributed by atoms with Gasteiger partial charge in [-0.2, -0.15) is 0 Å². The van der Waals surface area contributed by atoms with E-state index in [2.05, 4.69) is 5.32 Å². The topological polar surface area (TPSA) is 95.7 Å². The summed E-state index contributed by atoms with van der Waals surface area (Å²) >= 11 is 5.28. The molecule has 0 amide bonds. The maximum Gasteiger partial charge on any atom is 0.311 e. The fourth-order valence-electron chi connectivity index (χ4n) is 2.80. The fourth-order valence-corrected chi connectivity index (χ4v) is 3.12. The highest BCUT2D eigenvalue weighted by Crippen LogP contribution is 2.36. The molecule has 2 aliphatic rings. The quantitative estimate of drug-likeness (QED) is 0.502. The van der Waals surface area contributed by atoms with Gasteiger partial charge in [0.25, 0.3) is 0 Å². The van der Waals surface area contributed by atoms with Crippen molar-refractivity contribution >= 4 is 35.4 Å². The monoisotopic (exact) mass is 355 g/mol. The van der Waals surface area contributed by atoms with Crippen LogP contribution in [-0.2, 0) is 6.42 Å². The maximum absolute atomic E-state index is 11.1. The Labute approximate surface area is 145 Å². The van der Waals surface area contributed by atoms with E-state index in [0.717, 1.165) is 11.3 Å². The van der Waals surface area contributed by atoms with Crippen LogP contribution in [0.1, 0.15) is 12.0 Å². The van der Waals surface area contributed by atoms with Gasteiger partial charge >= 0.3 is 5.69 Å². The summed E-state index contributed by atoms with van der Waals surface area (Å²) in [5, 5.41) is 15.7. The minimum Gasteiger partial charge on any atom is -0.484 e. The zero-order valence-corrected chi connectivity index (χ0v) is 13.8. The number of halogens is 1. The van der Waals surface area contributed by atoms with Crippen LogP contribution in [0.15, 0.2) is 30.1 Å². The van der Waals surface area contributed by atoms with Crippen molar-refractivity contribution < 1.29 is 9.66 Å². The summed E-state index contributed by atoms with van der Waals surface area (Å²) in [7, 11) is 0. The van der Waals surface area contributed by atoms with Gasteiger partial charge in [-0.25, -0.2) is 5.32 Å². The molecule has 2 aliphatic heterocycles. The second-order valence-corrected chi connectivity index (χ2v) is 5.50. The van der Waals surface area contributed by atoms with Gasteiger partial charge in [0.05, 0.1) is 11.0 Å². The van der Waals surface area contributed by atoms with E-state index >= 15 is 0 Å². The third kappa shape index (κ3) is 3.24. The summed E-state index contributed by atoms with van der Waals surface area (Å²) < 4.78 is 5.67. The summed E-state index contributed by atoms with van der Waals surface area (Å²) in [6, 6.07) is 4.95. The first-order valence-electron chi connectivity index (χ1n) is 6.94. The summed E-state index contributed by atoms with van der Waals surface area (Å²) in [5.41, 5.74) is 7.40. The molecule has 0 saturated carbocycles. The molecule has 1 aromatic rings. The third-order valence-electron chi connectivity index (χ3n) is 3.75. The van der Waals surface area contributed by atoms with Gasteiger partial charge in [-0.3, -0.25) is 10.1 Å². The van der Waals surface area contributed by atoms with Crippen molar-refractivity contribution in [2.75, 3.05) is 13.2 Å². The minimum absolute atomic E-state index is 0. The second-order valence-electron chi connectivity index (χ2n) is 5.13. The summed E-state index contributed by atoms with van der Waals surface area (Å²) in [4.78, 5) is 12.6. The minimum atomic E-state index is -0.422. The molecule has 1 aromatic carbocycles. The number of nitro benzene ring substituents is 1. The normalized spacial score (nSPS) is 19.2. The first-order valence-corrected chi connectivity index (χ1v) is 7.35. The molecule has 0 bridgehead atoms. The van der Waals surface area contributed by atoms with E-state index in [1.807, 2.05) is 11.0 Å². The van der Waals surface area contributed by atoms with Crippen LogP contribution in [0.2, 0.25) is 0 Å². The van der Waals surface area contributed by atoms with Crippen LogP contribution in [0.25, 0.3) is 0 Å². The Kier molecular flexibility index (Phi) is 5.40. The van der Waals surface area contributed by atoms with E-state index in [-0.39, 0.29) is 24.1 Å². The SMILES string of the molecule is Cl.NCCC1=C[N]C(=S)N1[C@H]1COc2c(cccc2[N+](=O)[O-])C1. The predicted octanol–water partition coefficient (Wildman–Crippen LogP) is 1.72. The van der Waals surface area contributed by atoms with Crippen LogP contribution < -0.4 is 15.8 Å². The lowest BCUT2D eigenvalue weighted by Gasteiger charge is -2.34. The second kappa shape index (κ2) is 7.12. The zero-order chi connectivity index (χ0) is 15.7. The Morgan fingerprint density at radius 2 is 2.30 bits per heavy atom. The molecule has 0 saturated heterocycles. The molecular weight excluding hydrogens is 340 g/mol. The number of rotatable bonds is 4. The third-order valence-corrected chi connectivity index (χ3v) is 4.06. The lowest BCUT2D eigenvalue weighted by molar-refractivity contribution is -0.386. The first-order chi connectivity index (χ1) is 10.6. The van der Waals surface area contributed by atoms with Gasteiger partial charge in [0.15, 0.2) is 10.9 Å². The lowest BCUT2D eigenvalue weighted by Crippen LogP contribution is -2.44. The molecule has 0 aliphatic carbocycles. The van der Waals surface area contributed by atoms with E-state index in [1.54, 1.807) is 12.3 Å². The Bertz CT molecular complexity index is 667. The highest BCUT2D eigenvalue weighted by Gasteiger charge is 2.34. The number of nitrogens with two attached hydrogens (primary N) is 1. The molecular formula is C14H16ClN4O3S. The Hall–Kier alpha value is -1.90. The first kappa shape index (κ1) is 17.5. The molecule has 2 heterocycles. The number of nitrogens with zero attached hydrogens (tertiary/aromatic N) is 3. The fraction of sp³-hybridized carbons (Fsp3) is 0.357. The molecule has 3 rings (SSSR count). The molecule has 7 nitrogen and oxygen atoms in total. The number of benzene rings is 1. The van der Waals surface area contributed by atoms with Crippen molar-refractivity contribution in [1.29, 1.82) is 0 Å². The number of nitro groups is 1. The van der Waals surface area contributed by atoms with Crippen LogP contribution in [0.5, 0.6) is 5.75 Å². The Balaban J connectivity index is 0.00000192. The van der Waals surface area contributed by atoms with Crippen LogP contribution >= 0.6 is 24.6 Å². The average Bonchev–Trinajstić information content (AvgIpc) is 2.87. The number of fused-ring (bicyclic) bond motifs is 1. The molecule has 0 spiro atoms. The summed E-state index contributed by atoms with van der Waals surface area (Å²) in [6.07, 6.45) is 3.04. The number of ether oxygens (including phenoxy) is 1. The number of hydrogen-bond acceptors (Lipinski definition) is 5. The smallest absolute Gasteiger partial charge is 0.311 e. The number of thiocarbonyl (C=S) groups is 1. The predicted molar refractivity (Wildman–Crippen MR) is 91.7 cm³/mol. The molecule has 0 aromatic heterocycles. The molecule has 0 fully saturated rings. The van der Waals surface area contributed by atoms with Gasteiger partial charge in [-0.05, 0) is 18.8 Å². The molecule has 0 unspecified atom stereocenters. The summed E-state index contributed by atoms with van der Waals surface area (Å²) in [5.74, 6) is 0.357. The zero-order valence-electron chi connectivity index (χ0n) is 12.2. The van der Waals surface area contributed by atoms with Crippen molar-refractivity contribution in [3.8, 4) is 5.75 Å².